The standard InChI is InChI=1S/C16H21N3O2/c1-19(2)8-9-21-11-5-6-14-13(10-11)15-12(16(20)18-14)4-3-7-17-15/h5-6,10,17H,3-4,7-9H2,1-2H3,(H,18,20). The molecule has 0 atom stereocenters. The summed E-state index contributed by atoms with van der Waals surface area (Å²) < 4.78 is 5.78. The third-order valence-corrected chi connectivity index (χ3v) is 3.80. The number of nitrogens with zero attached hydrogens (tertiary/aromatic N) is 1. The van der Waals surface area contributed by atoms with Gasteiger partial charge in [-0.05, 0) is 45.1 Å². The molecule has 0 spiro atoms. The van der Waals surface area contributed by atoms with E-state index in [1.54, 1.807) is 0 Å². The maximum atomic E-state index is 12.1. The lowest BCUT2D eigenvalue weighted by molar-refractivity contribution is 0.261. The van der Waals surface area contributed by atoms with E-state index in [2.05, 4.69) is 15.2 Å². The first kappa shape index (κ1) is 13.9. The molecule has 2 N–H and O–H groups in total. The Morgan fingerprint density at radius 2 is 2.19 bits per heavy atom. The number of aromatic amines is 1. The second kappa shape index (κ2) is 5.77. The number of pyridine rings is 1. The van der Waals surface area contributed by atoms with Gasteiger partial charge in [0.25, 0.3) is 5.56 Å². The SMILES string of the molecule is CN(C)CCOc1ccc2[nH]c(=O)c3c(c2c1)NCCC3. The van der Waals surface area contributed by atoms with Gasteiger partial charge in [0, 0.05) is 24.0 Å². The van der Waals surface area contributed by atoms with Crippen LogP contribution >= 0.6 is 0 Å². The van der Waals surface area contributed by atoms with E-state index in [9.17, 15) is 4.79 Å². The normalized spacial score (nSPS) is 14.0. The lowest BCUT2D eigenvalue weighted by Gasteiger charge is -2.19. The average Bonchev–Trinajstić information content (AvgIpc) is 2.48. The molecule has 3 rings (SSSR count). The fourth-order valence-corrected chi connectivity index (χ4v) is 2.67. The number of rotatable bonds is 4. The summed E-state index contributed by atoms with van der Waals surface area (Å²) in [6, 6.07) is 5.83. The number of aromatic nitrogens is 1. The van der Waals surface area contributed by atoms with Crippen molar-refractivity contribution in [1.29, 1.82) is 0 Å². The fraction of sp³-hybridized carbons (Fsp3) is 0.438. The molecule has 0 aliphatic carbocycles. The number of benzene rings is 1. The number of ether oxygens (including phenoxy) is 1. The Labute approximate surface area is 123 Å². The van der Waals surface area contributed by atoms with Crippen molar-refractivity contribution < 1.29 is 4.74 Å². The first-order valence-electron chi connectivity index (χ1n) is 7.35. The van der Waals surface area contributed by atoms with Gasteiger partial charge in [-0.3, -0.25) is 4.79 Å². The number of fused-ring (bicyclic) bond motifs is 3. The molecule has 5 nitrogen and oxygen atoms in total. The topological polar surface area (TPSA) is 57.4 Å². The zero-order chi connectivity index (χ0) is 14.8. The maximum absolute atomic E-state index is 12.1. The van der Waals surface area contributed by atoms with E-state index in [0.717, 1.165) is 53.8 Å². The Hall–Kier alpha value is -2.01. The summed E-state index contributed by atoms with van der Waals surface area (Å²) in [5.41, 5.74) is 2.70. The van der Waals surface area contributed by atoms with Crippen molar-refractivity contribution in [2.75, 3.05) is 39.1 Å². The molecule has 112 valence electrons. The lowest BCUT2D eigenvalue weighted by Crippen LogP contribution is -2.22. The molecule has 0 fully saturated rings. The third kappa shape index (κ3) is 2.88. The quantitative estimate of drug-likeness (QED) is 0.900. The van der Waals surface area contributed by atoms with Gasteiger partial charge in [-0.15, -0.1) is 0 Å². The minimum Gasteiger partial charge on any atom is -0.492 e. The summed E-state index contributed by atoms with van der Waals surface area (Å²) in [7, 11) is 4.05. The molecule has 0 saturated carbocycles. The number of hydrogen-bond acceptors (Lipinski definition) is 4. The van der Waals surface area contributed by atoms with Gasteiger partial charge >= 0.3 is 0 Å². The summed E-state index contributed by atoms with van der Waals surface area (Å²) >= 11 is 0. The van der Waals surface area contributed by atoms with Gasteiger partial charge in [-0.1, -0.05) is 0 Å². The second-order valence-electron chi connectivity index (χ2n) is 5.70. The van der Waals surface area contributed by atoms with Crippen LogP contribution in [0.25, 0.3) is 10.9 Å². The summed E-state index contributed by atoms with van der Waals surface area (Å²) in [6.45, 7) is 2.44. The van der Waals surface area contributed by atoms with Gasteiger partial charge in [-0.25, -0.2) is 0 Å². The van der Waals surface area contributed by atoms with Crippen LogP contribution < -0.4 is 15.6 Å². The van der Waals surface area contributed by atoms with Gasteiger partial charge in [-0.2, -0.15) is 0 Å². The molecule has 0 unspecified atom stereocenters. The van der Waals surface area contributed by atoms with E-state index in [0.29, 0.717) is 6.61 Å². The summed E-state index contributed by atoms with van der Waals surface area (Å²) in [5.74, 6) is 0.839. The number of nitrogens with one attached hydrogen (secondary N) is 2. The van der Waals surface area contributed by atoms with Crippen LogP contribution in [0.1, 0.15) is 12.0 Å². The highest BCUT2D eigenvalue weighted by Crippen LogP contribution is 2.30. The molecule has 0 amide bonds. The smallest absolute Gasteiger partial charge is 0.253 e. The highest BCUT2D eigenvalue weighted by molar-refractivity contribution is 5.94. The lowest BCUT2D eigenvalue weighted by atomic mass is 10.0. The van der Waals surface area contributed by atoms with Crippen LogP contribution in [0, 0.1) is 0 Å². The van der Waals surface area contributed by atoms with Crippen molar-refractivity contribution >= 4 is 16.6 Å². The van der Waals surface area contributed by atoms with Gasteiger partial charge in [0.2, 0.25) is 0 Å². The molecule has 21 heavy (non-hydrogen) atoms. The third-order valence-electron chi connectivity index (χ3n) is 3.80. The highest BCUT2D eigenvalue weighted by atomic mass is 16.5. The molecule has 1 aromatic carbocycles. The van der Waals surface area contributed by atoms with Crippen molar-refractivity contribution in [3.05, 3.63) is 34.1 Å². The zero-order valence-electron chi connectivity index (χ0n) is 12.5. The Bertz CT molecular complexity index is 706. The van der Waals surface area contributed by atoms with Gasteiger partial charge < -0.3 is 19.9 Å². The van der Waals surface area contributed by atoms with E-state index in [4.69, 9.17) is 4.74 Å². The molecule has 1 aliphatic heterocycles. The number of anilines is 1. The fourth-order valence-electron chi connectivity index (χ4n) is 2.67. The van der Waals surface area contributed by atoms with Crippen LogP contribution in [-0.2, 0) is 6.42 Å². The van der Waals surface area contributed by atoms with Gasteiger partial charge in [0.05, 0.1) is 11.2 Å². The summed E-state index contributed by atoms with van der Waals surface area (Å²) in [4.78, 5) is 17.1. The number of likely N-dealkylation sites (N-methyl/N-ethyl adjacent to an activating group) is 1. The minimum absolute atomic E-state index is 0.0194. The van der Waals surface area contributed by atoms with Crippen molar-refractivity contribution in [2.24, 2.45) is 0 Å². The molecular weight excluding hydrogens is 266 g/mol. The largest absolute Gasteiger partial charge is 0.492 e. The summed E-state index contributed by atoms with van der Waals surface area (Å²) in [5, 5.41) is 4.40. The number of H-pyrrole nitrogens is 1. The van der Waals surface area contributed by atoms with E-state index in [-0.39, 0.29) is 5.56 Å². The van der Waals surface area contributed by atoms with Crippen LogP contribution in [-0.4, -0.2) is 43.7 Å². The van der Waals surface area contributed by atoms with Crippen molar-refractivity contribution in [1.82, 2.24) is 9.88 Å². The van der Waals surface area contributed by atoms with Crippen molar-refractivity contribution in [3.8, 4) is 5.75 Å². The molecule has 2 heterocycles. The maximum Gasteiger partial charge on any atom is 0.253 e. The Morgan fingerprint density at radius 1 is 1.33 bits per heavy atom. The second-order valence-corrected chi connectivity index (χ2v) is 5.70. The molecular formula is C16H21N3O2. The van der Waals surface area contributed by atoms with Crippen LogP contribution in [0.2, 0.25) is 0 Å². The molecule has 1 aromatic heterocycles. The van der Waals surface area contributed by atoms with Crippen LogP contribution in [0.5, 0.6) is 5.75 Å². The first-order chi connectivity index (χ1) is 10.1. The van der Waals surface area contributed by atoms with Gasteiger partial charge in [0.15, 0.2) is 0 Å². The van der Waals surface area contributed by atoms with E-state index >= 15 is 0 Å². The Morgan fingerprint density at radius 3 is 3.00 bits per heavy atom. The Kier molecular flexibility index (Phi) is 3.84. The average molecular weight is 287 g/mol. The molecule has 2 aromatic rings. The molecule has 0 saturated heterocycles. The molecule has 0 radical (unpaired) electrons. The van der Waals surface area contributed by atoms with Gasteiger partial charge in [0.1, 0.15) is 12.4 Å². The van der Waals surface area contributed by atoms with Crippen molar-refractivity contribution in [2.45, 2.75) is 12.8 Å². The monoisotopic (exact) mass is 287 g/mol. The predicted octanol–water partition coefficient (Wildman–Crippen LogP) is 1.83. The van der Waals surface area contributed by atoms with Crippen LogP contribution in [0.15, 0.2) is 23.0 Å². The molecule has 1 aliphatic rings. The number of hydrogen-bond donors (Lipinski definition) is 2. The molecule has 0 bridgehead atoms. The highest BCUT2D eigenvalue weighted by Gasteiger charge is 2.16. The minimum atomic E-state index is 0.0194. The van der Waals surface area contributed by atoms with E-state index in [1.807, 2.05) is 32.3 Å². The van der Waals surface area contributed by atoms with Crippen molar-refractivity contribution in [3.63, 3.8) is 0 Å². The van der Waals surface area contributed by atoms with Crippen LogP contribution in [0.3, 0.4) is 0 Å². The molecule has 5 heteroatoms. The summed E-state index contributed by atoms with van der Waals surface area (Å²) in [6.07, 6.45) is 1.83. The van der Waals surface area contributed by atoms with E-state index in [1.165, 1.54) is 0 Å². The van der Waals surface area contributed by atoms with E-state index < -0.39 is 0 Å². The first-order valence-corrected chi connectivity index (χ1v) is 7.35. The zero-order valence-corrected chi connectivity index (χ0v) is 12.5. The Balaban J connectivity index is 1.96. The van der Waals surface area contributed by atoms with Crippen LogP contribution in [0.4, 0.5) is 5.69 Å². The predicted molar refractivity (Wildman–Crippen MR) is 85.4 cm³/mol.